The fourth-order valence-electron chi connectivity index (χ4n) is 3.78. The van der Waals surface area contributed by atoms with Gasteiger partial charge in [-0.3, -0.25) is 4.79 Å². The molecule has 1 aliphatic heterocycles. The van der Waals surface area contributed by atoms with Gasteiger partial charge in [0.25, 0.3) is 5.22 Å². The normalized spacial score (nSPS) is 14.2. The number of benzene rings is 2. The van der Waals surface area contributed by atoms with Gasteiger partial charge < -0.3 is 9.32 Å². The molecule has 31 heavy (non-hydrogen) atoms. The summed E-state index contributed by atoms with van der Waals surface area (Å²) >= 11 is 6.86. The zero-order valence-corrected chi connectivity index (χ0v) is 20.0. The predicted molar refractivity (Wildman–Crippen MR) is 129 cm³/mol. The minimum Gasteiger partial charge on any atom is -0.411 e. The Labute approximate surface area is 196 Å². The summed E-state index contributed by atoms with van der Waals surface area (Å²) in [6, 6.07) is 17.5. The lowest BCUT2D eigenvalue weighted by Gasteiger charge is -2.42. The second kappa shape index (κ2) is 7.98. The highest BCUT2D eigenvalue weighted by Gasteiger charge is 2.42. The van der Waals surface area contributed by atoms with Crippen molar-refractivity contribution >= 4 is 56.3 Å². The number of hydrogen-bond donors (Lipinski definition) is 0. The SMILES string of the molecule is CC1(C)c2ssc(=S)c2-c2ccccc2N1C(=O)CSc1nnc(-c2ccccc2)o1. The number of hydrogen-bond acceptors (Lipinski definition) is 8. The van der Waals surface area contributed by atoms with E-state index in [0.717, 1.165) is 31.1 Å². The number of aromatic nitrogens is 2. The van der Waals surface area contributed by atoms with Gasteiger partial charge in [0.05, 0.1) is 21.9 Å². The molecule has 0 unspecified atom stereocenters. The molecule has 0 aliphatic carbocycles. The second-order valence-corrected chi connectivity index (χ2v) is 11.2. The van der Waals surface area contributed by atoms with Crippen molar-refractivity contribution in [2.75, 3.05) is 10.7 Å². The van der Waals surface area contributed by atoms with Crippen LogP contribution in [0.5, 0.6) is 0 Å². The maximum Gasteiger partial charge on any atom is 0.277 e. The van der Waals surface area contributed by atoms with Crippen LogP contribution in [0.3, 0.4) is 0 Å². The van der Waals surface area contributed by atoms with Crippen molar-refractivity contribution in [3.05, 3.63) is 63.3 Å². The van der Waals surface area contributed by atoms with Crippen molar-refractivity contribution in [3.8, 4) is 22.6 Å². The van der Waals surface area contributed by atoms with Crippen LogP contribution in [0.2, 0.25) is 0 Å². The van der Waals surface area contributed by atoms with Crippen molar-refractivity contribution in [2.45, 2.75) is 24.6 Å². The Hall–Kier alpha value is -2.33. The highest BCUT2D eigenvalue weighted by Crippen LogP contribution is 2.52. The predicted octanol–water partition coefficient (Wildman–Crippen LogP) is 6.63. The highest BCUT2D eigenvalue weighted by atomic mass is 32.9. The molecule has 3 heterocycles. The van der Waals surface area contributed by atoms with E-state index in [2.05, 4.69) is 24.0 Å². The zero-order chi connectivity index (χ0) is 21.6. The van der Waals surface area contributed by atoms with Gasteiger partial charge in [0.2, 0.25) is 11.8 Å². The lowest BCUT2D eigenvalue weighted by Crippen LogP contribution is -2.48. The fourth-order valence-corrected chi connectivity index (χ4v) is 7.67. The number of carbonyl (C=O) groups is 1. The molecular formula is C22H17N3O2S4. The molecule has 0 atom stereocenters. The van der Waals surface area contributed by atoms with Crippen LogP contribution in [-0.4, -0.2) is 21.9 Å². The maximum atomic E-state index is 13.4. The van der Waals surface area contributed by atoms with E-state index < -0.39 is 5.54 Å². The van der Waals surface area contributed by atoms with Gasteiger partial charge in [-0.1, -0.05) is 81.1 Å². The fraction of sp³-hybridized carbons (Fsp3) is 0.182. The summed E-state index contributed by atoms with van der Waals surface area (Å²) < 4.78 is 6.62. The summed E-state index contributed by atoms with van der Waals surface area (Å²) in [4.78, 5) is 16.4. The van der Waals surface area contributed by atoms with E-state index in [1.54, 1.807) is 20.7 Å². The molecular weight excluding hydrogens is 467 g/mol. The van der Waals surface area contributed by atoms with Gasteiger partial charge in [0.1, 0.15) is 3.82 Å². The Morgan fingerprint density at radius 1 is 1.10 bits per heavy atom. The maximum absolute atomic E-state index is 13.4. The van der Waals surface area contributed by atoms with E-state index in [0.29, 0.717) is 11.1 Å². The number of anilines is 1. The van der Waals surface area contributed by atoms with Gasteiger partial charge in [-0.2, -0.15) is 0 Å². The van der Waals surface area contributed by atoms with Gasteiger partial charge >= 0.3 is 0 Å². The Bertz CT molecular complexity index is 1320. The molecule has 9 heteroatoms. The third kappa shape index (κ3) is 3.55. The third-order valence-corrected chi connectivity index (χ3v) is 9.29. The monoisotopic (exact) mass is 483 g/mol. The molecule has 5 nitrogen and oxygen atoms in total. The number of amides is 1. The van der Waals surface area contributed by atoms with Crippen LogP contribution in [-0.2, 0) is 10.3 Å². The molecule has 0 bridgehead atoms. The summed E-state index contributed by atoms with van der Waals surface area (Å²) in [7, 11) is 3.25. The third-order valence-electron chi connectivity index (χ3n) is 5.16. The van der Waals surface area contributed by atoms with E-state index in [1.807, 2.05) is 59.5 Å². The summed E-state index contributed by atoms with van der Waals surface area (Å²) in [5.41, 5.74) is 3.35. The summed E-state index contributed by atoms with van der Waals surface area (Å²) in [6.45, 7) is 4.14. The van der Waals surface area contributed by atoms with E-state index in [-0.39, 0.29) is 11.7 Å². The molecule has 0 saturated carbocycles. The van der Waals surface area contributed by atoms with Crippen LogP contribution < -0.4 is 4.90 Å². The van der Waals surface area contributed by atoms with Crippen molar-refractivity contribution in [3.63, 3.8) is 0 Å². The molecule has 2 aromatic heterocycles. The standard InChI is InChI=1S/C22H17N3O2S4/c1-22(2)18-17(20(28)31-30-18)14-10-6-7-11-15(14)25(22)16(26)12-29-21-24-23-19(27-21)13-8-4-3-5-9-13/h3-11H,12H2,1-2H3. The summed E-state index contributed by atoms with van der Waals surface area (Å²) in [5, 5.41) is 8.58. The van der Waals surface area contributed by atoms with Crippen LogP contribution in [0.4, 0.5) is 5.69 Å². The number of carbonyl (C=O) groups excluding carboxylic acids is 1. The van der Waals surface area contributed by atoms with Crippen LogP contribution in [0.25, 0.3) is 22.6 Å². The molecule has 0 fully saturated rings. The average Bonchev–Trinajstić information content (AvgIpc) is 3.40. The van der Waals surface area contributed by atoms with Crippen LogP contribution in [0, 0.1) is 3.82 Å². The van der Waals surface area contributed by atoms with Gasteiger partial charge in [-0.25, -0.2) is 0 Å². The minimum absolute atomic E-state index is 0.0168. The van der Waals surface area contributed by atoms with E-state index in [1.165, 1.54) is 11.8 Å². The molecule has 0 saturated heterocycles. The van der Waals surface area contributed by atoms with Gasteiger partial charge in [0.15, 0.2) is 0 Å². The Kier molecular flexibility index (Phi) is 5.29. The lowest BCUT2D eigenvalue weighted by atomic mass is 9.87. The molecule has 1 amide bonds. The smallest absolute Gasteiger partial charge is 0.277 e. The number of thioether (sulfide) groups is 1. The number of fused-ring (bicyclic) bond motifs is 3. The highest BCUT2D eigenvalue weighted by molar-refractivity contribution is 7.99. The quantitative estimate of drug-likeness (QED) is 0.184. The first-order valence-electron chi connectivity index (χ1n) is 9.54. The van der Waals surface area contributed by atoms with Crippen molar-refractivity contribution < 1.29 is 9.21 Å². The molecule has 2 aromatic carbocycles. The van der Waals surface area contributed by atoms with Gasteiger partial charge in [-0.15, -0.1) is 10.2 Å². The first kappa shape index (κ1) is 20.6. The zero-order valence-electron chi connectivity index (χ0n) is 16.7. The topological polar surface area (TPSA) is 59.2 Å². The van der Waals surface area contributed by atoms with E-state index >= 15 is 0 Å². The molecule has 0 radical (unpaired) electrons. The van der Waals surface area contributed by atoms with E-state index in [9.17, 15) is 4.79 Å². The number of rotatable bonds is 4. The molecule has 5 rings (SSSR count). The number of para-hydroxylation sites is 1. The molecule has 1 aliphatic rings. The average molecular weight is 484 g/mol. The van der Waals surface area contributed by atoms with Crippen molar-refractivity contribution in [1.29, 1.82) is 0 Å². The minimum atomic E-state index is -0.496. The molecule has 0 spiro atoms. The lowest BCUT2D eigenvalue weighted by molar-refractivity contribution is -0.117. The van der Waals surface area contributed by atoms with E-state index in [4.69, 9.17) is 16.6 Å². The Balaban J connectivity index is 1.42. The van der Waals surface area contributed by atoms with Crippen LogP contribution >= 0.6 is 44.7 Å². The van der Waals surface area contributed by atoms with Crippen molar-refractivity contribution in [1.82, 2.24) is 10.2 Å². The molecule has 0 N–H and O–H groups in total. The summed E-state index contributed by atoms with van der Waals surface area (Å²) in [6.07, 6.45) is 0. The Morgan fingerprint density at radius 2 is 1.84 bits per heavy atom. The van der Waals surface area contributed by atoms with Gasteiger partial charge in [-0.05, 0) is 32.0 Å². The van der Waals surface area contributed by atoms with Gasteiger partial charge in [0, 0.05) is 16.7 Å². The number of nitrogens with zero attached hydrogens (tertiary/aromatic N) is 3. The first-order valence-corrected chi connectivity index (χ1v) is 13.1. The van der Waals surface area contributed by atoms with Crippen LogP contribution in [0.1, 0.15) is 18.7 Å². The Morgan fingerprint density at radius 3 is 2.65 bits per heavy atom. The summed E-state index contributed by atoms with van der Waals surface area (Å²) in [5.74, 6) is 0.623. The first-order chi connectivity index (χ1) is 15.0. The molecule has 156 valence electrons. The second-order valence-electron chi connectivity index (χ2n) is 7.49. The molecule has 4 aromatic rings. The largest absolute Gasteiger partial charge is 0.411 e. The van der Waals surface area contributed by atoms with Crippen LogP contribution in [0.15, 0.2) is 64.2 Å². The van der Waals surface area contributed by atoms with Crippen molar-refractivity contribution in [2.24, 2.45) is 0 Å².